The van der Waals surface area contributed by atoms with E-state index in [1.54, 1.807) is 12.3 Å². The average Bonchev–Trinajstić information content (AvgIpc) is 2.75. The third-order valence-corrected chi connectivity index (χ3v) is 3.26. The van der Waals surface area contributed by atoms with Gasteiger partial charge < -0.3 is 10.3 Å². The molecule has 2 heterocycles. The molecule has 6 heteroatoms. The first kappa shape index (κ1) is 12.2. The fraction of sp³-hybridized carbons (Fsp3) is 0.308. The fourth-order valence-electron chi connectivity index (χ4n) is 2.04. The SMILES string of the molecule is FC(F)(F)c1cccc(-c2cnc(C3CNC3)[nH]2)c1. The van der Waals surface area contributed by atoms with Gasteiger partial charge in [-0.1, -0.05) is 12.1 Å². The van der Waals surface area contributed by atoms with Crippen molar-refractivity contribution in [3.8, 4) is 11.3 Å². The van der Waals surface area contributed by atoms with Crippen LogP contribution in [0.3, 0.4) is 0 Å². The molecule has 0 aliphatic carbocycles. The summed E-state index contributed by atoms with van der Waals surface area (Å²) < 4.78 is 37.9. The summed E-state index contributed by atoms with van der Waals surface area (Å²) in [6, 6.07) is 5.25. The smallest absolute Gasteiger partial charge is 0.342 e. The average molecular weight is 267 g/mol. The minimum Gasteiger partial charge on any atom is -0.342 e. The summed E-state index contributed by atoms with van der Waals surface area (Å²) in [4.78, 5) is 7.32. The van der Waals surface area contributed by atoms with Crippen molar-refractivity contribution >= 4 is 0 Å². The molecule has 0 unspecified atom stereocenters. The van der Waals surface area contributed by atoms with Crippen LogP contribution in [0.25, 0.3) is 11.3 Å². The molecule has 1 aromatic heterocycles. The molecule has 3 nitrogen and oxygen atoms in total. The highest BCUT2D eigenvalue weighted by molar-refractivity contribution is 5.59. The molecule has 1 saturated heterocycles. The molecule has 2 aromatic rings. The molecule has 0 spiro atoms. The molecule has 0 atom stereocenters. The zero-order valence-electron chi connectivity index (χ0n) is 9.96. The highest BCUT2D eigenvalue weighted by Gasteiger charge is 2.30. The number of nitrogens with one attached hydrogen (secondary N) is 2. The number of aromatic amines is 1. The van der Waals surface area contributed by atoms with Crippen molar-refractivity contribution in [2.45, 2.75) is 12.1 Å². The summed E-state index contributed by atoms with van der Waals surface area (Å²) in [5.41, 5.74) is 0.473. The maximum Gasteiger partial charge on any atom is 0.416 e. The van der Waals surface area contributed by atoms with Crippen LogP contribution in [0.1, 0.15) is 17.3 Å². The van der Waals surface area contributed by atoms with Crippen molar-refractivity contribution < 1.29 is 13.2 Å². The standard InChI is InChI=1S/C13H12F3N3/c14-13(15,16)10-3-1-2-8(4-10)11-7-18-12(19-11)9-5-17-6-9/h1-4,7,9,17H,5-6H2,(H,18,19). The Morgan fingerprint density at radius 3 is 2.63 bits per heavy atom. The van der Waals surface area contributed by atoms with Crippen LogP contribution in [0.15, 0.2) is 30.5 Å². The predicted octanol–water partition coefficient (Wildman–Crippen LogP) is 2.78. The highest BCUT2D eigenvalue weighted by atomic mass is 19.4. The Morgan fingerprint density at radius 1 is 1.21 bits per heavy atom. The van der Waals surface area contributed by atoms with Crippen LogP contribution < -0.4 is 5.32 Å². The van der Waals surface area contributed by atoms with Gasteiger partial charge in [0.05, 0.1) is 17.5 Å². The van der Waals surface area contributed by atoms with E-state index in [0.29, 0.717) is 17.2 Å². The minimum absolute atomic E-state index is 0.333. The number of alkyl halides is 3. The van der Waals surface area contributed by atoms with E-state index < -0.39 is 11.7 Å². The Kier molecular flexibility index (Phi) is 2.82. The Bertz CT molecular complexity index is 585. The lowest BCUT2D eigenvalue weighted by Crippen LogP contribution is -2.40. The van der Waals surface area contributed by atoms with Gasteiger partial charge in [0.1, 0.15) is 5.82 Å². The molecule has 1 aromatic carbocycles. The van der Waals surface area contributed by atoms with Gasteiger partial charge in [-0.25, -0.2) is 4.98 Å². The first-order valence-electron chi connectivity index (χ1n) is 5.97. The number of benzene rings is 1. The van der Waals surface area contributed by atoms with E-state index in [2.05, 4.69) is 15.3 Å². The van der Waals surface area contributed by atoms with E-state index in [1.165, 1.54) is 6.07 Å². The Morgan fingerprint density at radius 2 is 2.00 bits per heavy atom. The van der Waals surface area contributed by atoms with E-state index in [4.69, 9.17) is 0 Å². The molecule has 19 heavy (non-hydrogen) atoms. The van der Waals surface area contributed by atoms with E-state index in [9.17, 15) is 13.2 Å². The van der Waals surface area contributed by atoms with Crippen LogP contribution in [0, 0.1) is 0 Å². The maximum absolute atomic E-state index is 12.6. The number of H-pyrrole nitrogens is 1. The predicted molar refractivity (Wildman–Crippen MR) is 64.6 cm³/mol. The second kappa shape index (κ2) is 4.38. The van der Waals surface area contributed by atoms with Gasteiger partial charge in [0.15, 0.2) is 0 Å². The molecule has 0 bridgehead atoms. The molecule has 1 aliphatic rings. The van der Waals surface area contributed by atoms with Crippen molar-refractivity contribution in [3.63, 3.8) is 0 Å². The summed E-state index contributed by atoms with van der Waals surface area (Å²) in [6.45, 7) is 1.71. The van der Waals surface area contributed by atoms with Crippen LogP contribution in [0.4, 0.5) is 13.2 Å². The van der Waals surface area contributed by atoms with Crippen molar-refractivity contribution in [2.75, 3.05) is 13.1 Å². The number of nitrogens with zero attached hydrogens (tertiary/aromatic N) is 1. The molecule has 1 fully saturated rings. The molecular weight excluding hydrogens is 255 g/mol. The van der Waals surface area contributed by atoms with Crippen molar-refractivity contribution in [1.29, 1.82) is 0 Å². The third kappa shape index (κ3) is 2.35. The summed E-state index contributed by atoms with van der Waals surface area (Å²) in [7, 11) is 0. The lowest BCUT2D eigenvalue weighted by molar-refractivity contribution is -0.137. The molecule has 0 amide bonds. The second-order valence-corrected chi connectivity index (χ2v) is 4.62. The molecular formula is C13H12F3N3. The van der Waals surface area contributed by atoms with Gasteiger partial charge in [-0.2, -0.15) is 13.2 Å². The molecule has 3 rings (SSSR count). The number of imidazole rings is 1. The van der Waals surface area contributed by atoms with Crippen LogP contribution in [-0.2, 0) is 6.18 Å². The quantitative estimate of drug-likeness (QED) is 0.878. The van der Waals surface area contributed by atoms with Crippen LogP contribution in [0.5, 0.6) is 0 Å². The van der Waals surface area contributed by atoms with Crippen LogP contribution >= 0.6 is 0 Å². The van der Waals surface area contributed by atoms with E-state index >= 15 is 0 Å². The van der Waals surface area contributed by atoms with Gasteiger partial charge in [0, 0.05) is 24.6 Å². The minimum atomic E-state index is -4.32. The van der Waals surface area contributed by atoms with Gasteiger partial charge in [-0.3, -0.25) is 0 Å². The summed E-state index contributed by atoms with van der Waals surface area (Å²) >= 11 is 0. The van der Waals surface area contributed by atoms with Crippen molar-refractivity contribution in [3.05, 3.63) is 41.9 Å². The summed E-state index contributed by atoms with van der Waals surface area (Å²) in [6.07, 6.45) is -2.74. The topological polar surface area (TPSA) is 40.7 Å². The number of rotatable bonds is 2. The zero-order valence-corrected chi connectivity index (χ0v) is 9.96. The summed E-state index contributed by atoms with van der Waals surface area (Å²) in [5.74, 6) is 1.16. The first-order chi connectivity index (χ1) is 9.04. The second-order valence-electron chi connectivity index (χ2n) is 4.62. The highest BCUT2D eigenvalue weighted by Crippen LogP contribution is 2.32. The van der Waals surface area contributed by atoms with Gasteiger partial charge in [0.25, 0.3) is 0 Å². The van der Waals surface area contributed by atoms with Crippen molar-refractivity contribution in [2.24, 2.45) is 0 Å². The van der Waals surface area contributed by atoms with E-state index in [1.807, 2.05) is 0 Å². The third-order valence-electron chi connectivity index (χ3n) is 3.26. The first-order valence-corrected chi connectivity index (χ1v) is 5.97. The van der Waals surface area contributed by atoms with Crippen molar-refractivity contribution in [1.82, 2.24) is 15.3 Å². The van der Waals surface area contributed by atoms with Gasteiger partial charge in [-0.05, 0) is 12.1 Å². The van der Waals surface area contributed by atoms with E-state index in [0.717, 1.165) is 31.0 Å². The Balaban J connectivity index is 1.91. The molecule has 100 valence electrons. The van der Waals surface area contributed by atoms with Crippen LogP contribution in [0.2, 0.25) is 0 Å². The lowest BCUT2D eigenvalue weighted by Gasteiger charge is -2.24. The molecule has 1 aliphatic heterocycles. The van der Waals surface area contributed by atoms with Gasteiger partial charge in [-0.15, -0.1) is 0 Å². The monoisotopic (exact) mass is 267 g/mol. The largest absolute Gasteiger partial charge is 0.416 e. The number of aromatic nitrogens is 2. The fourth-order valence-corrected chi connectivity index (χ4v) is 2.04. The number of hydrogen-bond donors (Lipinski definition) is 2. The Hall–Kier alpha value is -1.82. The van der Waals surface area contributed by atoms with Crippen LogP contribution in [-0.4, -0.2) is 23.1 Å². The molecule has 0 saturated carbocycles. The molecule has 2 N–H and O–H groups in total. The zero-order chi connectivity index (χ0) is 13.5. The number of halogens is 3. The van der Waals surface area contributed by atoms with Gasteiger partial charge in [0.2, 0.25) is 0 Å². The summed E-state index contributed by atoms with van der Waals surface area (Å²) in [5, 5.41) is 3.13. The normalized spacial score (nSPS) is 16.4. The van der Waals surface area contributed by atoms with E-state index in [-0.39, 0.29) is 0 Å². The molecule has 0 radical (unpaired) electrons. The Labute approximate surface area is 107 Å². The maximum atomic E-state index is 12.6. The van der Waals surface area contributed by atoms with Gasteiger partial charge >= 0.3 is 6.18 Å². The lowest BCUT2D eigenvalue weighted by atomic mass is 10.0. The number of hydrogen-bond acceptors (Lipinski definition) is 2.